The third-order valence-electron chi connectivity index (χ3n) is 2.89. The second-order valence-corrected chi connectivity index (χ2v) is 4.59. The molecule has 0 aliphatic rings. The molecule has 0 aliphatic heterocycles. The summed E-state index contributed by atoms with van der Waals surface area (Å²) >= 11 is 5.86. The predicted octanol–water partition coefficient (Wildman–Crippen LogP) is 3.32. The first-order valence-corrected chi connectivity index (χ1v) is 6.45. The summed E-state index contributed by atoms with van der Waals surface area (Å²) in [4.78, 5) is 15.6. The minimum absolute atomic E-state index is 0.0768. The van der Waals surface area contributed by atoms with Gasteiger partial charge in [0.15, 0.2) is 5.69 Å². The van der Waals surface area contributed by atoms with E-state index in [2.05, 4.69) is 4.98 Å². The van der Waals surface area contributed by atoms with Gasteiger partial charge in [-0.15, -0.1) is 0 Å². The quantitative estimate of drug-likeness (QED) is 0.806. The van der Waals surface area contributed by atoms with Crippen LogP contribution in [0.15, 0.2) is 36.8 Å². The van der Waals surface area contributed by atoms with E-state index in [9.17, 15) is 4.79 Å². The van der Waals surface area contributed by atoms with E-state index in [-0.39, 0.29) is 6.04 Å². The Balaban J connectivity index is 2.18. The average molecular weight is 279 g/mol. The van der Waals surface area contributed by atoms with Gasteiger partial charge in [-0.2, -0.15) is 0 Å². The zero-order valence-corrected chi connectivity index (χ0v) is 11.6. The number of ether oxygens (including phenoxy) is 1. The molecule has 1 aromatic heterocycles. The summed E-state index contributed by atoms with van der Waals surface area (Å²) in [6.45, 7) is 4.14. The Morgan fingerprint density at radius 3 is 2.74 bits per heavy atom. The highest BCUT2D eigenvalue weighted by Gasteiger charge is 2.13. The Labute approximate surface area is 117 Å². The number of benzene rings is 1. The highest BCUT2D eigenvalue weighted by Crippen LogP contribution is 2.20. The number of nitrogens with zero attached hydrogens (tertiary/aromatic N) is 2. The molecule has 19 heavy (non-hydrogen) atoms. The first-order valence-electron chi connectivity index (χ1n) is 6.08. The van der Waals surface area contributed by atoms with E-state index in [1.54, 1.807) is 19.4 Å². The lowest BCUT2D eigenvalue weighted by Crippen LogP contribution is -2.06. The normalized spacial score (nSPS) is 12.2. The number of hydrogen-bond acceptors (Lipinski definition) is 3. The zero-order valence-electron chi connectivity index (χ0n) is 10.8. The van der Waals surface area contributed by atoms with Crippen molar-refractivity contribution in [2.75, 3.05) is 6.61 Å². The molecule has 0 fully saturated rings. The number of carbonyl (C=O) groups excluding carboxylic acids is 1. The van der Waals surface area contributed by atoms with E-state index < -0.39 is 5.97 Å². The Morgan fingerprint density at radius 2 is 2.11 bits per heavy atom. The molecule has 5 heteroatoms. The van der Waals surface area contributed by atoms with Gasteiger partial charge in [-0.3, -0.25) is 0 Å². The molecule has 100 valence electrons. The topological polar surface area (TPSA) is 44.1 Å². The van der Waals surface area contributed by atoms with E-state index in [1.165, 1.54) is 0 Å². The lowest BCUT2D eigenvalue weighted by atomic mass is 10.1. The predicted molar refractivity (Wildman–Crippen MR) is 73.4 cm³/mol. The second kappa shape index (κ2) is 5.89. The molecule has 1 unspecified atom stereocenters. The fraction of sp³-hybridized carbons (Fsp3) is 0.286. The lowest BCUT2D eigenvalue weighted by Gasteiger charge is -2.13. The van der Waals surface area contributed by atoms with Crippen molar-refractivity contribution in [3.8, 4) is 0 Å². The van der Waals surface area contributed by atoms with Crippen LogP contribution in [0.1, 0.15) is 35.9 Å². The van der Waals surface area contributed by atoms with Crippen molar-refractivity contribution in [1.29, 1.82) is 0 Å². The Hall–Kier alpha value is -1.81. The van der Waals surface area contributed by atoms with Gasteiger partial charge in [0, 0.05) is 11.2 Å². The van der Waals surface area contributed by atoms with Crippen LogP contribution in [0, 0.1) is 0 Å². The van der Waals surface area contributed by atoms with E-state index in [0.29, 0.717) is 17.3 Å². The van der Waals surface area contributed by atoms with Crippen molar-refractivity contribution < 1.29 is 9.53 Å². The molecule has 1 atom stereocenters. The summed E-state index contributed by atoms with van der Waals surface area (Å²) in [5.41, 5.74) is 1.42. The molecule has 2 aromatic rings. The zero-order chi connectivity index (χ0) is 13.8. The molecule has 0 bridgehead atoms. The molecular formula is C14H15ClN2O2. The fourth-order valence-corrected chi connectivity index (χ4v) is 1.90. The maximum absolute atomic E-state index is 11.5. The molecule has 0 aliphatic carbocycles. The fourth-order valence-electron chi connectivity index (χ4n) is 1.77. The molecule has 2 rings (SSSR count). The van der Waals surface area contributed by atoms with Crippen LogP contribution in [0.25, 0.3) is 0 Å². The van der Waals surface area contributed by atoms with Gasteiger partial charge in [0.2, 0.25) is 0 Å². The summed E-state index contributed by atoms with van der Waals surface area (Å²) in [7, 11) is 0. The maximum Gasteiger partial charge on any atom is 0.358 e. The molecule has 0 spiro atoms. The van der Waals surface area contributed by atoms with Crippen molar-refractivity contribution in [1.82, 2.24) is 9.55 Å². The third-order valence-corrected chi connectivity index (χ3v) is 3.14. The van der Waals surface area contributed by atoms with Crippen molar-refractivity contribution in [3.05, 3.63) is 53.1 Å². The van der Waals surface area contributed by atoms with Gasteiger partial charge in [-0.25, -0.2) is 9.78 Å². The van der Waals surface area contributed by atoms with Crippen LogP contribution in [0.5, 0.6) is 0 Å². The van der Waals surface area contributed by atoms with Crippen molar-refractivity contribution in [3.63, 3.8) is 0 Å². The van der Waals surface area contributed by atoms with Crippen molar-refractivity contribution in [2.24, 2.45) is 0 Å². The molecule has 0 radical (unpaired) electrons. The van der Waals surface area contributed by atoms with Gasteiger partial charge in [-0.05, 0) is 31.5 Å². The molecule has 1 aromatic carbocycles. The number of hydrogen-bond donors (Lipinski definition) is 0. The highest BCUT2D eigenvalue weighted by atomic mass is 35.5. The van der Waals surface area contributed by atoms with E-state index in [0.717, 1.165) is 5.56 Å². The number of esters is 1. The van der Waals surface area contributed by atoms with E-state index in [4.69, 9.17) is 16.3 Å². The van der Waals surface area contributed by atoms with Crippen LogP contribution in [-0.4, -0.2) is 22.1 Å². The minimum Gasteiger partial charge on any atom is -0.461 e. The molecule has 0 saturated carbocycles. The third kappa shape index (κ3) is 3.15. The summed E-state index contributed by atoms with van der Waals surface area (Å²) < 4.78 is 6.78. The summed E-state index contributed by atoms with van der Waals surface area (Å²) in [6.07, 6.45) is 3.32. The van der Waals surface area contributed by atoms with Gasteiger partial charge < -0.3 is 9.30 Å². The molecule has 0 saturated heterocycles. The van der Waals surface area contributed by atoms with Gasteiger partial charge in [0.25, 0.3) is 0 Å². The average Bonchev–Trinajstić information content (AvgIpc) is 2.89. The van der Waals surface area contributed by atoms with Gasteiger partial charge >= 0.3 is 5.97 Å². The standard InChI is InChI=1S/C14H15ClN2O2/c1-3-19-14(18)13-8-17(9-16-13)10(2)11-4-6-12(15)7-5-11/h4-10H,3H2,1-2H3. The van der Waals surface area contributed by atoms with Crippen LogP contribution in [0.4, 0.5) is 0 Å². The first-order chi connectivity index (χ1) is 9.11. The molecule has 0 amide bonds. The second-order valence-electron chi connectivity index (χ2n) is 4.15. The van der Waals surface area contributed by atoms with E-state index >= 15 is 0 Å². The molecule has 0 N–H and O–H groups in total. The van der Waals surface area contributed by atoms with E-state index in [1.807, 2.05) is 35.8 Å². The Bertz CT molecular complexity index is 563. The number of carbonyl (C=O) groups is 1. The van der Waals surface area contributed by atoms with Crippen LogP contribution in [0.3, 0.4) is 0 Å². The lowest BCUT2D eigenvalue weighted by molar-refractivity contribution is 0.0520. The van der Waals surface area contributed by atoms with Crippen LogP contribution in [0.2, 0.25) is 5.02 Å². The number of aromatic nitrogens is 2. The first kappa shape index (κ1) is 13.6. The van der Waals surface area contributed by atoms with Crippen LogP contribution in [-0.2, 0) is 4.74 Å². The molecule has 1 heterocycles. The number of imidazole rings is 1. The monoisotopic (exact) mass is 278 g/mol. The van der Waals surface area contributed by atoms with Gasteiger partial charge in [-0.1, -0.05) is 23.7 Å². The smallest absolute Gasteiger partial charge is 0.358 e. The van der Waals surface area contributed by atoms with Crippen LogP contribution < -0.4 is 0 Å². The van der Waals surface area contributed by atoms with Gasteiger partial charge in [0.05, 0.1) is 19.0 Å². The molecule has 4 nitrogen and oxygen atoms in total. The Kier molecular flexibility index (Phi) is 4.22. The molecular weight excluding hydrogens is 264 g/mol. The van der Waals surface area contributed by atoms with Crippen molar-refractivity contribution in [2.45, 2.75) is 19.9 Å². The number of rotatable bonds is 4. The largest absolute Gasteiger partial charge is 0.461 e. The highest BCUT2D eigenvalue weighted by molar-refractivity contribution is 6.30. The Morgan fingerprint density at radius 1 is 1.42 bits per heavy atom. The summed E-state index contributed by atoms with van der Waals surface area (Å²) in [5, 5.41) is 0.703. The SMILES string of the molecule is CCOC(=O)c1cn(C(C)c2ccc(Cl)cc2)cn1. The van der Waals surface area contributed by atoms with Crippen LogP contribution >= 0.6 is 11.6 Å². The maximum atomic E-state index is 11.5. The number of halogens is 1. The van der Waals surface area contributed by atoms with Gasteiger partial charge in [0.1, 0.15) is 0 Å². The summed E-state index contributed by atoms with van der Waals surface area (Å²) in [5.74, 6) is -0.399. The minimum atomic E-state index is -0.399. The summed E-state index contributed by atoms with van der Waals surface area (Å²) in [6, 6.07) is 7.68. The van der Waals surface area contributed by atoms with Crippen molar-refractivity contribution >= 4 is 17.6 Å².